The summed E-state index contributed by atoms with van der Waals surface area (Å²) in [6.45, 7) is 3.67. The lowest BCUT2D eigenvalue weighted by Gasteiger charge is -2.11. The molecule has 0 saturated carbocycles. The van der Waals surface area contributed by atoms with Gasteiger partial charge in [-0.3, -0.25) is 0 Å². The molecule has 0 bridgehead atoms. The minimum atomic E-state index is -0.159. The molecule has 0 aliphatic heterocycles. The van der Waals surface area contributed by atoms with Gasteiger partial charge in [0.25, 0.3) is 0 Å². The highest BCUT2D eigenvalue weighted by molar-refractivity contribution is 4.50. The molecular formula is C16H36N2O. The molecule has 0 saturated heterocycles. The highest BCUT2D eigenvalue weighted by atomic mass is 16.5. The lowest BCUT2D eigenvalue weighted by atomic mass is 10.1. The number of ether oxygens (including phenoxy) is 1. The first-order chi connectivity index (χ1) is 9.31. The van der Waals surface area contributed by atoms with Gasteiger partial charge in [0, 0.05) is 6.61 Å². The van der Waals surface area contributed by atoms with Gasteiger partial charge < -0.3 is 16.2 Å². The second kappa shape index (κ2) is 15.9. The zero-order chi connectivity index (χ0) is 14.2. The first-order valence-electron chi connectivity index (χ1n) is 8.38. The SMILES string of the molecule is CCCCCCCCCCCCCOC(N)CCN. The molecule has 0 spiro atoms. The third kappa shape index (κ3) is 15.8. The molecule has 1 unspecified atom stereocenters. The average Bonchev–Trinajstić information content (AvgIpc) is 2.40. The second-order valence-electron chi connectivity index (χ2n) is 5.52. The fraction of sp³-hybridized carbons (Fsp3) is 1.00. The lowest BCUT2D eigenvalue weighted by molar-refractivity contribution is 0.0509. The Bertz CT molecular complexity index is 165. The van der Waals surface area contributed by atoms with Crippen LogP contribution in [0.25, 0.3) is 0 Å². The van der Waals surface area contributed by atoms with Crippen molar-refractivity contribution in [1.29, 1.82) is 0 Å². The summed E-state index contributed by atoms with van der Waals surface area (Å²) in [5.74, 6) is 0. The molecule has 4 N–H and O–H groups in total. The van der Waals surface area contributed by atoms with Crippen molar-refractivity contribution in [3.63, 3.8) is 0 Å². The van der Waals surface area contributed by atoms with E-state index < -0.39 is 0 Å². The molecule has 1 atom stereocenters. The lowest BCUT2D eigenvalue weighted by Crippen LogP contribution is -2.27. The minimum absolute atomic E-state index is 0.159. The van der Waals surface area contributed by atoms with E-state index in [1.54, 1.807) is 0 Å². The summed E-state index contributed by atoms with van der Waals surface area (Å²) in [7, 11) is 0. The minimum Gasteiger partial charge on any atom is -0.364 e. The molecule has 0 aromatic rings. The van der Waals surface area contributed by atoms with Crippen LogP contribution in [-0.4, -0.2) is 19.4 Å². The van der Waals surface area contributed by atoms with Crippen molar-refractivity contribution in [2.24, 2.45) is 11.5 Å². The van der Waals surface area contributed by atoms with Gasteiger partial charge in [0.05, 0.1) is 0 Å². The Hall–Kier alpha value is -0.120. The Kier molecular flexibility index (Phi) is 15.8. The van der Waals surface area contributed by atoms with Crippen LogP contribution in [0.4, 0.5) is 0 Å². The van der Waals surface area contributed by atoms with Crippen LogP contribution in [-0.2, 0) is 4.74 Å². The monoisotopic (exact) mass is 272 g/mol. The predicted molar refractivity (Wildman–Crippen MR) is 84.1 cm³/mol. The van der Waals surface area contributed by atoms with Gasteiger partial charge >= 0.3 is 0 Å². The summed E-state index contributed by atoms with van der Waals surface area (Å²) in [6, 6.07) is 0. The van der Waals surface area contributed by atoms with Crippen LogP contribution in [0.2, 0.25) is 0 Å². The maximum Gasteiger partial charge on any atom is 0.106 e. The Balaban J connectivity index is 2.99. The van der Waals surface area contributed by atoms with Gasteiger partial charge in [-0.1, -0.05) is 71.1 Å². The Morgan fingerprint density at radius 2 is 1.26 bits per heavy atom. The molecule has 19 heavy (non-hydrogen) atoms. The van der Waals surface area contributed by atoms with Crippen molar-refractivity contribution >= 4 is 0 Å². The molecule has 3 heteroatoms. The van der Waals surface area contributed by atoms with E-state index in [2.05, 4.69) is 6.92 Å². The standard InChI is InChI=1S/C16H36N2O/c1-2-3-4-5-6-7-8-9-10-11-12-15-19-16(18)13-14-17/h16H,2-15,17-18H2,1H3. The molecule has 0 rings (SSSR count). The normalized spacial score (nSPS) is 12.8. The van der Waals surface area contributed by atoms with Crippen LogP contribution in [0.15, 0.2) is 0 Å². The molecule has 116 valence electrons. The van der Waals surface area contributed by atoms with Crippen molar-refractivity contribution < 1.29 is 4.74 Å². The number of unbranched alkanes of at least 4 members (excludes halogenated alkanes) is 10. The van der Waals surface area contributed by atoms with Crippen LogP contribution >= 0.6 is 0 Å². The van der Waals surface area contributed by atoms with Crippen LogP contribution in [0.3, 0.4) is 0 Å². The number of rotatable bonds is 15. The Morgan fingerprint density at radius 3 is 1.74 bits per heavy atom. The van der Waals surface area contributed by atoms with Crippen LogP contribution in [0.5, 0.6) is 0 Å². The Morgan fingerprint density at radius 1 is 0.789 bits per heavy atom. The second-order valence-corrected chi connectivity index (χ2v) is 5.52. The third-order valence-electron chi connectivity index (χ3n) is 3.53. The van der Waals surface area contributed by atoms with Crippen molar-refractivity contribution in [3.8, 4) is 0 Å². The van der Waals surface area contributed by atoms with Crippen molar-refractivity contribution in [2.45, 2.75) is 90.2 Å². The van der Waals surface area contributed by atoms with E-state index in [4.69, 9.17) is 16.2 Å². The summed E-state index contributed by atoms with van der Waals surface area (Å²) >= 11 is 0. The number of hydrogen-bond donors (Lipinski definition) is 2. The highest BCUT2D eigenvalue weighted by Crippen LogP contribution is 2.11. The quantitative estimate of drug-likeness (QED) is 0.350. The zero-order valence-corrected chi connectivity index (χ0v) is 13.0. The molecule has 0 fully saturated rings. The van der Waals surface area contributed by atoms with Crippen molar-refractivity contribution in [3.05, 3.63) is 0 Å². The smallest absolute Gasteiger partial charge is 0.106 e. The summed E-state index contributed by atoms with van der Waals surface area (Å²) in [5.41, 5.74) is 11.1. The molecule has 0 aliphatic rings. The van der Waals surface area contributed by atoms with E-state index in [0.29, 0.717) is 6.54 Å². The fourth-order valence-electron chi connectivity index (χ4n) is 2.25. The number of nitrogens with two attached hydrogens (primary N) is 2. The van der Waals surface area contributed by atoms with Gasteiger partial charge in [-0.25, -0.2) is 0 Å². The predicted octanol–water partition coefficient (Wildman–Crippen LogP) is 3.95. The summed E-state index contributed by atoms with van der Waals surface area (Å²) in [4.78, 5) is 0. The molecule has 0 radical (unpaired) electrons. The Labute approximate surface area is 120 Å². The maximum absolute atomic E-state index is 5.71. The van der Waals surface area contributed by atoms with Gasteiger partial charge in [-0.05, 0) is 19.4 Å². The van der Waals surface area contributed by atoms with Crippen molar-refractivity contribution in [1.82, 2.24) is 0 Å². The zero-order valence-electron chi connectivity index (χ0n) is 13.0. The average molecular weight is 272 g/mol. The first kappa shape index (κ1) is 18.9. The molecule has 0 aromatic carbocycles. The first-order valence-corrected chi connectivity index (χ1v) is 8.38. The maximum atomic E-state index is 5.71. The summed E-state index contributed by atoms with van der Waals surface area (Å²) in [6.07, 6.45) is 15.6. The molecule has 0 aliphatic carbocycles. The van der Waals surface area contributed by atoms with Gasteiger partial charge in [-0.15, -0.1) is 0 Å². The summed E-state index contributed by atoms with van der Waals surface area (Å²) in [5, 5.41) is 0. The van der Waals surface area contributed by atoms with E-state index in [1.807, 2.05) is 0 Å². The van der Waals surface area contributed by atoms with E-state index in [1.165, 1.54) is 64.2 Å². The molecular weight excluding hydrogens is 236 g/mol. The largest absolute Gasteiger partial charge is 0.364 e. The van der Waals surface area contributed by atoms with E-state index in [9.17, 15) is 0 Å². The van der Waals surface area contributed by atoms with E-state index >= 15 is 0 Å². The third-order valence-corrected chi connectivity index (χ3v) is 3.53. The van der Waals surface area contributed by atoms with Gasteiger partial charge in [0.2, 0.25) is 0 Å². The van der Waals surface area contributed by atoms with Gasteiger partial charge in [0.15, 0.2) is 0 Å². The molecule has 0 heterocycles. The summed E-state index contributed by atoms with van der Waals surface area (Å²) < 4.78 is 5.46. The molecule has 3 nitrogen and oxygen atoms in total. The van der Waals surface area contributed by atoms with Crippen LogP contribution in [0, 0.1) is 0 Å². The van der Waals surface area contributed by atoms with Crippen LogP contribution in [0.1, 0.15) is 84.0 Å². The fourth-order valence-corrected chi connectivity index (χ4v) is 2.25. The molecule has 0 aromatic heterocycles. The number of hydrogen-bond acceptors (Lipinski definition) is 3. The van der Waals surface area contributed by atoms with Crippen molar-refractivity contribution in [2.75, 3.05) is 13.2 Å². The van der Waals surface area contributed by atoms with Gasteiger partial charge in [-0.2, -0.15) is 0 Å². The van der Waals surface area contributed by atoms with E-state index in [-0.39, 0.29) is 6.23 Å². The van der Waals surface area contributed by atoms with E-state index in [0.717, 1.165) is 19.4 Å². The van der Waals surface area contributed by atoms with Gasteiger partial charge in [0.1, 0.15) is 6.23 Å². The van der Waals surface area contributed by atoms with Crippen LogP contribution < -0.4 is 11.5 Å². The highest BCUT2D eigenvalue weighted by Gasteiger charge is 1.99. The molecule has 0 amide bonds. The topological polar surface area (TPSA) is 61.3 Å².